The minimum Gasteiger partial charge on any atom is -0.449 e. The smallest absolute Gasteiger partial charge is 0.293 e. The van der Waals surface area contributed by atoms with E-state index in [1.807, 2.05) is 20.8 Å². The van der Waals surface area contributed by atoms with Crippen LogP contribution in [0.25, 0.3) is 11.0 Å². The van der Waals surface area contributed by atoms with Crippen LogP contribution in [0.15, 0.2) is 46.9 Å². The standard InChI is InChI=1S/C21H20F2N2O3/c1-21(2,3)11-17(26)25-18-13-6-4-5-7-16(13)28-19(18)20(27)24-12-8-9-14(22)15(23)10-12/h4-10H,11H2,1-3H3,(H,24,27)(H,25,26). The van der Waals surface area contributed by atoms with E-state index in [0.717, 1.165) is 12.1 Å². The highest BCUT2D eigenvalue weighted by Gasteiger charge is 2.24. The van der Waals surface area contributed by atoms with Crippen LogP contribution in [0.2, 0.25) is 0 Å². The second kappa shape index (κ2) is 7.42. The Kier molecular flexibility index (Phi) is 5.18. The zero-order valence-corrected chi connectivity index (χ0v) is 15.7. The summed E-state index contributed by atoms with van der Waals surface area (Å²) in [5.74, 6) is -3.17. The van der Waals surface area contributed by atoms with Crippen LogP contribution < -0.4 is 10.6 Å². The van der Waals surface area contributed by atoms with Gasteiger partial charge in [0, 0.05) is 23.6 Å². The molecule has 0 saturated heterocycles. The highest BCUT2D eigenvalue weighted by molar-refractivity contribution is 6.14. The SMILES string of the molecule is CC(C)(C)CC(=O)Nc1c(C(=O)Nc2ccc(F)c(F)c2)oc2ccccc12. The zero-order valence-electron chi connectivity index (χ0n) is 15.7. The number of fused-ring (bicyclic) bond motifs is 1. The lowest BCUT2D eigenvalue weighted by Gasteiger charge is -2.17. The van der Waals surface area contributed by atoms with Gasteiger partial charge in [-0.2, -0.15) is 0 Å². The number of carbonyl (C=O) groups is 2. The number of para-hydroxylation sites is 1. The number of furan rings is 1. The van der Waals surface area contributed by atoms with Gasteiger partial charge in [0.05, 0.1) is 0 Å². The molecule has 3 aromatic rings. The molecule has 146 valence electrons. The van der Waals surface area contributed by atoms with Crippen molar-refractivity contribution in [3.8, 4) is 0 Å². The van der Waals surface area contributed by atoms with E-state index in [4.69, 9.17) is 4.42 Å². The molecule has 0 bridgehead atoms. The van der Waals surface area contributed by atoms with Crippen LogP contribution >= 0.6 is 0 Å². The van der Waals surface area contributed by atoms with Gasteiger partial charge in [-0.15, -0.1) is 0 Å². The van der Waals surface area contributed by atoms with E-state index in [1.54, 1.807) is 24.3 Å². The molecule has 0 radical (unpaired) electrons. The second-order valence-corrected chi connectivity index (χ2v) is 7.67. The van der Waals surface area contributed by atoms with Crippen LogP contribution in [0, 0.1) is 17.0 Å². The predicted molar refractivity (Wildman–Crippen MR) is 103 cm³/mol. The van der Waals surface area contributed by atoms with Crippen LogP contribution in [0.3, 0.4) is 0 Å². The van der Waals surface area contributed by atoms with E-state index in [2.05, 4.69) is 10.6 Å². The molecule has 5 nitrogen and oxygen atoms in total. The Morgan fingerprint density at radius 3 is 2.39 bits per heavy atom. The lowest BCUT2D eigenvalue weighted by Crippen LogP contribution is -2.21. The van der Waals surface area contributed by atoms with Crippen molar-refractivity contribution >= 4 is 34.2 Å². The third-order valence-corrected chi connectivity index (χ3v) is 3.93. The molecular formula is C21H20F2N2O3. The maximum atomic E-state index is 13.4. The summed E-state index contributed by atoms with van der Waals surface area (Å²) < 4.78 is 32.1. The molecule has 0 unspecified atom stereocenters. The number of benzene rings is 2. The van der Waals surface area contributed by atoms with Crippen molar-refractivity contribution in [1.29, 1.82) is 0 Å². The number of carbonyl (C=O) groups excluding carboxylic acids is 2. The summed E-state index contributed by atoms with van der Waals surface area (Å²) >= 11 is 0. The van der Waals surface area contributed by atoms with Crippen LogP contribution in [0.4, 0.5) is 20.2 Å². The Morgan fingerprint density at radius 2 is 1.71 bits per heavy atom. The molecule has 2 aromatic carbocycles. The highest BCUT2D eigenvalue weighted by atomic mass is 19.2. The van der Waals surface area contributed by atoms with Crippen molar-refractivity contribution in [3.05, 3.63) is 59.9 Å². The molecule has 0 saturated carbocycles. The van der Waals surface area contributed by atoms with Gasteiger partial charge in [0.2, 0.25) is 11.7 Å². The first-order valence-electron chi connectivity index (χ1n) is 8.72. The summed E-state index contributed by atoms with van der Waals surface area (Å²) in [6.45, 7) is 5.78. The first kappa shape index (κ1) is 19.5. The van der Waals surface area contributed by atoms with Gasteiger partial charge in [0.15, 0.2) is 11.6 Å². The van der Waals surface area contributed by atoms with Crippen LogP contribution in [-0.4, -0.2) is 11.8 Å². The van der Waals surface area contributed by atoms with Gasteiger partial charge in [0.25, 0.3) is 5.91 Å². The summed E-state index contributed by atoms with van der Waals surface area (Å²) in [6.07, 6.45) is 0.247. The Bertz CT molecular complexity index is 1050. The van der Waals surface area contributed by atoms with Crippen LogP contribution in [-0.2, 0) is 4.79 Å². The van der Waals surface area contributed by atoms with Crippen molar-refractivity contribution in [2.24, 2.45) is 5.41 Å². The fourth-order valence-corrected chi connectivity index (χ4v) is 2.76. The molecule has 1 heterocycles. The molecule has 0 spiro atoms. The summed E-state index contributed by atoms with van der Waals surface area (Å²) in [7, 11) is 0. The average Bonchev–Trinajstić information content (AvgIpc) is 2.95. The molecule has 0 aliphatic carbocycles. The topological polar surface area (TPSA) is 71.3 Å². The number of hydrogen-bond acceptors (Lipinski definition) is 3. The molecule has 2 N–H and O–H groups in total. The summed E-state index contributed by atoms with van der Waals surface area (Å²) in [6, 6.07) is 9.90. The van der Waals surface area contributed by atoms with Gasteiger partial charge in [-0.25, -0.2) is 8.78 Å². The lowest BCUT2D eigenvalue weighted by molar-refractivity contribution is -0.117. The van der Waals surface area contributed by atoms with Gasteiger partial charge in [-0.05, 0) is 29.7 Å². The lowest BCUT2D eigenvalue weighted by atomic mass is 9.92. The van der Waals surface area contributed by atoms with E-state index in [9.17, 15) is 18.4 Å². The highest BCUT2D eigenvalue weighted by Crippen LogP contribution is 2.32. The first-order chi connectivity index (χ1) is 13.1. The van der Waals surface area contributed by atoms with E-state index < -0.39 is 17.5 Å². The van der Waals surface area contributed by atoms with Gasteiger partial charge < -0.3 is 15.1 Å². The minimum atomic E-state index is -1.08. The number of nitrogens with one attached hydrogen (secondary N) is 2. The summed E-state index contributed by atoms with van der Waals surface area (Å²) in [5.41, 5.74) is 0.489. The maximum Gasteiger partial charge on any atom is 0.293 e. The minimum absolute atomic E-state index is 0.0660. The van der Waals surface area contributed by atoms with Crippen LogP contribution in [0.1, 0.15) is 37.7 Å². The Morgan fingerprint density at radius 1 is 1.00 bits per heavy atom. The Balaban J connectivity index is 1.94. The average molecular weight is 386 g/mol. The van der Waals surface area contributed by atoms with Crippen molar-refractivity contribution in [2.75, 3.05) is 10.6 Å². The zero-order chi connectivity index (χ0) is 20.5. The van der Waals surface area contributed by atoms with E-state index in [0.29, 0.717) is 11.0 Å². The molecule has 3 rings (SSSR count). The quantitative estimate of drug-likeness (QED) is 0.636. The monoisotopic (exact) mass is 386 g/mol. The Labute approximate surface area is 160 Å². The van der Waals surface area contributed by atoms with Crippen molar-refractivity contribution < 1.29 is 22.8 Å². The molecule has 0 atom stereocenters. The number of anilines is 2. The molecule has 1 aromatic heterocycles. The van der Waals surface area contributed by atoms with Crippen LogP contribution in [0.5, 0.6) is 0 Å². The maximum absolute atomic E-state index is 13.4. The normalized spacial score (nSPS) is 11.5. The number of halogens is 2. The van der Waals surface area contributed by atoms with Gasteiger partial charge in [-0.3, -0.25) is 9.59 Å². The van der Waals surface area contributed by atoms with E-state index >= 15 is 0 Å². The third-order valence-electron chi connectivity index (χ3n) is 3.93. The van der Waals surface area contributed by atoms with Crippen molar-refractivity contribution in [2.45, 2.75) is 27.2 Å². The van der Waals surface area contributed by atoms with Crippen molar-refractivity contribution in [3.63, 3.8) is 0 Å². The molecular weight excluding hydrogens is 366 g/mol. The number of hydrogen-bond donors (Lipinski definition) is 2. The number of rotatable bonds is 4. The van der Waals surface area contributed by atoms with E-state index in [1.165, 1.54) is 6.07 Å². The third kappa shape index (κ3) is 4.36. The van der Waals surface area contributed by atoms with E-state index in [-0.39, 0.29) is 34.9 Å². The molecule has 0 fully saturated rings. The predicted octanol–water partition coefficient (Wildman–Crippen LogP) is 5.34. The fourth-order valence-electron chi connectivity index (χ4n) is 2.76. The largest absolute Gasteiger partial charge is 0.449 e. The second-order valence-electron chi connectivity index (χ2n) is 7.67. The molecule has 2 amide bonds. The molecule has 0 aliphatic heterocycles. The molecule has 7 heteroatoms. The molecule has 28 heavy (non-hydrogen) atoms. The molecule has 0 aliphatic rings. The first-order valence-corrected chi connectivity index (χ1v) is 8.72. The van der Waals surface area contributed by atoms with Gasteiger partial charge in [-0.1, -0.05) is 32.9 Å². The summed E-state index contributed by atoms with van der Waals surface area (Å²) in [4.78, 5) is 25.1. The summed E-state index contributed by atoms with van der Waals surface area (Å²) in [5, 5.41) is 5.78. The fraction of sp³-hybridized carbons (Fsp3) is 0.238. The van der Waals surface area contributed by atoms with Gasteiger partial charge in [0.1, 0.15) is 11.3 Å². The Hall–Kier alpha value is -3.22. The van der Waals surface area contributed by atoms with Crippen molar-refractivity contribution in [1.82, 2.24) is 0 Å². The van der Waals surface area contributed by atoms with Gasteiger partial charge >= 0.3 is 0 Å². The number of amides is 2.